The first kappa shape index (κ1) is 25.1. The highest BCUT2D eigenvalue weighted by Gasteiger charge is 2.37. The summed E-state index contributed by atoms with van der Waals surface area (Å²) in [5.41, 5.74) is 2.93. The fraction of sp³-hybridized carbons (Fsp3) is 0.273. The van der Waals surface area contributed by atoms with E-state index < -0.39 is 36.2 Å². The molecule has 0 aromatic heterocycles. The molecule has 3 rings (SSSR count). The molecule has 0 unspecified atom stereocenters. The Morgan fingerprint density at radius 1 is 1.09 bits per heavy atom. The molecule has 1 aliphatic rings. The Kier molecular flexibility index (Phi) is 8.19. The molecule has 0 aliphatic carbocycles. The number of carbonyl (C=O) groups excluding carboxylic acids is 4. The second kappa shape index (κ2) is 11.1. The van der Waals surface area contributed by atoms with E-state index in [1.165, 1.54) is 26.4 Å². The molecule has 2 aromatic carbocycles. The lowest BCUT2D eigenvalue weighted by atomic mass is 10.1. The van der Waals surface area contributed by atoms with E-state index in [2.05, 4.69) is 10.7 Å². The summed E-state index contributed by atoms with van der Waals surface area (Å²) >= 11 is 11.9. The average molecular weight is 510 g/mol. The van der Waals surface area contributed by atoms with Crippen LogP contribution in [0.2, 0.25) is 10.0 Å². The molecule has 1 fully saturated rings. The summed E-state index contributed by atoms with van der Waals surface area (Å²) in [6, 6.07) is 9.27. The van der Waals surface area contributed by atoms with Crippen molar-refractivity contribution in [3.8, 4) is 11.5 Å². The van der Waals surface area contributed by atoms with Crippen molar-refractivity contribution in [2.24, 2.45) is 5.92 Å². The predicted octanol–water partition coefficient (Wildman–Crippen LogP) is 2.69. The van der Waals surface area contributed by atoms with Crippen LogP contribution in [0.1, 0.15) is 16.8 Å². The first-order chi connectivity index (χ1) is 16.2. The van der Waals surface area contributed by atoms with Gasteiger partial charge in [0.15, 0.2) is 6.61 Å². The van der Waals surface area contributed by atoms with Crippen molar-refractivity contribution < 1.29 is 33.4 Å². The highest BCUT2D eigenvalue weighted by Crippen LogP contribution is 2.29. The Morgan fingerprint density at radius 3 is 2.41 bits per heavy atom. The molecule has 12 heteroatoms. The van der Waals surface area contributed by atoms with Crippen molar-refractivity contribution in [1.82, 2.24) is 10.4 Å². The lowest BCUT2D eigenvalue weighted by Gasteiger charge is -2.18. The van der Waals surface area contributed by atoms with E-state index in [9.17, 15) is 19.2 Å². The summed E-state index contributed by atoms with van der Waals surface area (Å²) < 4.78 is 15.3. The first-order valence-corrected chi connectivity index (χ1v) is 10.7. The van der Waals surface area contributed by atoms with Crippen LogP contribution in [0.5, 0.6) is 11.5 Å². The van der Waals surface area contributed by atoms with Crippen LogP contribution in [0, 0.1) is 5.92 Å². The molecule has 2 aromatic rings. The monoisotopic (exact) mass is 509 g/mol. The third-order valence-electron chi connectivity index (χ3n) is 4.88. The lowest BCUT2D eigenvalue weighted by molar-refractivity contribution is -0.151. The molecular weight excluding hydrogens is 489 g/mol. The molecule has 1 atom stereocenters. The zero-order valence-corrected chi connectivity index (χ0v) is 19.7. The Hall–Kier alpha value is -3.50. The van der Waals surface area contributed by atoms with E-state index in [1.54, 1.807) is 24.3 Å². The van der Waals surface area contributed by atoms with Gasteiger partial charge in [-0.15, -0.1) is 0 Å². The van der Waals surface area contributed by atoms with Crippen molar-refractivity contribution >= 4 is 52.6 Å². The van der Waals surface area contributed by atoms with Gasteiger partial charge < -0.3 is 19.5 Å². The zero-order valence-electron chi connectivity index (χ0n) is 18.2. The smallest absolute Gasteiger partial charge is 0.311 e. The quantitative estimate of drug-likeness (QED) is 0.524. The van der Waals surface area contributed by atoms with Gasteiger partial charge in [-0.3, -0.25) is 29.6 Å². The summed E-state index contributed by atoms with van der Waals surface area (Å²) in [6.07, 6.45) is -0.178. The van der Waals surface area contributed by atoms with Crippen molar-refractivity contribution in [3.63, 3.8) is 0 Å². The van der Waals surface area contributed by atoms with Gasteiger partial charge in [-0.1, -0.05) is 29.3 Å². The Bertz CT molecular complexity index is 1100. The summed E-state index contributed by atoms with van der Waals surface area (Å²) in [6.45, 7) is -0.686. The van der Waals surface area contributed by atoms with E-state index in [0.717, 1.165) is 5.01 Å². The Morgan fingerprint density at radius 2 is 1.76 bits per heavy atom. The molecule has 1 saturated heterocycles. The van der Waals surface area contributed by atoms with E-state index in [-0.39, 0.29) is 34.3 Å². The molecule has 180 valence electrons. The number of anilines is 1. The standard InChI is InChI=1S/C22H21Cl2N3O7/c1-32-14-6-12(7-15(9-14)33-2)21(30)26-27-10-13(8-19(27)29)22(31)34-11-18(28)25-17-5-3-4-16(23)20(17)24/h3-7,9,13H,8,10-11H2,1-2H3,(H,25,28)(H,26,30)/t13-/m0/s1. The molecule has 0 saturated carbocycles. The third-order valence-corrected chi connectivity index (χ3v) is 5.70. The van der Waals surface area contributed by atoms with Gasteiger partial charge >= 0.3 is 5.97 Å². The van der Waals surface area contributed by atoms with Crippen molar-refractivity contribution in [3.05, 3.63) is 52.0 Å². The van der Waals surface area contributed by atoms with Crippen LogP contribution >= 0.6 is 23.2 Å². The number of benzene rings is 2. The number of hydrogen-bond donors (Lipinski definition) is 2. The molecular formula is C22H21Cl2N3O7. The molecule has 2 N–H and O–H groups in total. The number of nitrogens with zero attached hydrogens (tertiary/aromatic N) is 1. The number of carbonyl (C=O) groups is 4. The first-order valence-electron chi connectivity index (χ1n) is 9.96. The number of ether oxygens (including phenoxy) is 3. The minimum Gasteiger partial charge on any atom is -0.497 e. The normalized spacial score (nSPS) is 15.0. The second-order valence-electron chi connectivity index (χ2n) is 7.20. The van der Waals surface area contributed by atoms with Crippen LogP contribution in [-0.2, 0) is 19.1 Å². The fourth-order valence-corrected chi connectivity index (χ4v) is 3.49. The maximum absolute atomic E-state index is 12.6. The summed E-state index contributed by atoms with van der Waals surface area (Å²) in [5, 5.41) is 3.94. The lowest BCUT2D eigenvalue weighted by Crippen LogP contribution is -2.43. The molecule has 1 heterocycles. The largest absolute Gasteiger partial charge is 0.497 e. The number of hydrazine groups is 1. The van der Waals surface area contributed by atoms with E-state index >= 15 is 0 Å². The molecule has 0 radical (unpaired) electrons. The Labute approximate surface area is 205 Å². The molecule has 0 bridgehead atoms. The minimum absolute atomic E-state index is 0.105. The summed E-state index contributed by atoms with van der Waals surface area (Å²) in [5.74, 6) is -2.49. The molecule has 10 nitrogen and oxygen atoms in total. The number of rotatable bonds is 8. The Balaban J connectivity index is 1.53. The number of halogens is 2. The number of amides is 3. The molecule has 1 aliphatic heterocycles. The van der Waals surface area contributed by atoms with Gasteiger partial charge in [0.1, 0.15) is 11.5 Å². The number of hydrogen-bond acceptors (Lipinski definition) is 7. The van der Waals surface area contributed by atoms with Crippen molar-refractivity contribution in [1.29, 1.82) is 0 Å². The second-order valence-corrected chi connectivity index (χ2v) is 7.99. The SMILES string of the molecule is COc1cc(OC)cc(C(=O)NN2C[C@@H](C(=O)OCC(=O)Nc3cccc(Cl)c3Cl)CC2=O)c1. The average Bonchev–Trinajstić information content (AvgIpc) is 3.20. The highest BCUT2D eigenvalue weighted by molar-refractivity contribution is 6.44. The topological polar surface area (TPSA) is 123 Å². The van der Waals surface area contributed by atoms with Crippen LogP contribution in [0.3, 0.4) is 0 Å². The number of esters is 1. The minimum atomic E-state index is -0.852. The van der Waals surface area contributed by atoms with E-state index in [0.29, 0.717) is 11.5 Å². The van der Waals surface area contributed by atoms with Gasteiger partial charge in [0.25, 0.3) is 11.8 Å². The third kappa shape index (κ3) is 6.09. The van der Waals surface area contributed by atoms with Crippen molar-refractivity contribution in [2.45, 2.75) is 6.42 Å². The van der Waals surface area contributed by atoms with Gasteiger partial charge in [0.05, 0.1) is 42.4 Å². The maximum Gasteiger partial charge on any atom is 0.311 e. The van der Waals surface area contributed by atoms with Gasteiger partial charge in [-0.25, -0.2) is 0 Å². The summed E-state index contributed by atoms with van der Waals surface area (Å²) in [4.78, 5) is 49.3. The van der Waals surface area contributed by atoms with Gasteiger partial charge in [0, 0.05) is 18.1 Å². The van der Waals surface area contributed by atoms with Gasteiger partial charge in [0.2, 0.25) is 5.91 Å². The number of nitrogens with one attached hydrogen (secondary N) is 2. The fourth-order valence-electron chi connectivity index (χ4n) is 3.14. The van der Waals surface area contributed by atoms with Crippen molar-refractivity contribution in [2.75, 3.05) is 32.7 Å². The molecule has 3 amide bonds. The van der Waals surface area contributed by atoms with Crippen LogP contribution in [0.4, 0.5) is 5.69 Å². The van der Waals surface area contributed by atoms with Crippen LogP contribution in [0.15, 0.2) is 36.4 Å². The van der Waals surface area contributed by atoms with E-state index in [4.69, 9.17) is 37.4 Å². The van der Waals surface area contributed by atoms with E-state index in [1.807, 2.05) is 0 Å². The van der Waals surface area contributed by atoms with Crippen LogP contribution < -0.4 is 20.2 Å². The zero-order chi connectivity index (χ0) is 24.8. The van der Waals surface area contributed by atoms with Gasteiger partial charge in [-0.05, 0) is 24.3 Å². The predicted molar refractivity (Wildman–Crippen MR) is 123 cm³/mol. The van der Waals surface area contributed by atoms with Crippen LogP contribution in [-0.4, -0.2) is 56.1 Å². The molecule has 0 spiro atoms. The highest BCUT2D eigenvalue weighted by atomic mass is 35.5. The molecule has 34 heavy (non-hydrogen) atoms. The maximum atomic E-state index is 12.6. The summed E-state index contributed by atoms with van der Waals surface area (Å²) in [7, 11) is 2.89. The van der Waals surface area contributed by atoms with Crippen LogP contribution in [0.25, 0.3) is 0 Å². The number of methoxy groups -OCH3 is 2. The van der Waals surface area contributed by atoms with Gasteiger partial charge in [-0.2, -0.15) is 0 Å².